The Hall–Kier alpha value is -2.59. The molecule has 0 fully saturated rings. The number of amides is 1. The monoisotopic (exact) mass is 430 g/mol. The highest BCUT2D eigenvalue weighted by molar-refractivity contribution is 7.91. The zero-order valence-electron chi connectivity index (χ0n) is 15.6. The Balaban J connectivity index is 1.82. The third-order valence-corrected chi connectivity index (χ3v) is 5.32. The second-order valence-electron chi connectivity index (χ2n) is 6.24. The van der Waals surface area contributed by atoms with Crippen molar-refractivity contribution in [2.75, 3.05) is 32.1 Å². The zero-order chi connectivity index (χ0) is 21.4. The second kappa shape index (κ2) is 10.3. The van der Waals surface area contributed by atoms with Crippen LogP contribution >= 0.6 is 0 Å². The molecule has 0 saturated heterocycles. The predicted molar refractivity (Wildman–Crippen MR) is 102 cm³/mol. The third-order valence-electron chi connectivity index (χ3n) is 3.88. The van der Waals surface area contributed by atoms with E-state index in [-0.39, 0.29) is 18.0 Å². The van der Waals surface area contributed by atoms with Gasteiger partial charge < -0.3 is 10.1 Å². The molecule has 0 atom stereocenters. The highest BCUT2D eigenvalue weighted by Gasteiger charge is 2.29. The van der Waals surface area contributed by atoms with Crippen LogP contribution in [0.3, 0.4) is 0 Å². The lowest BCUT2D eigenvalue weighted by atomic mass is 10.3. The Morgan fingerprint density at radius 1 is 1.14 bits per heavy atom. The van der Waals surface area contributed by atoms with Crippen LogP contribution in [0.15, 0.2) is 53.4 Å². The number of nitrogens with zero attached hydrogens (tertiary/aromatic N) is 1. The highest BCUT2D eigenvalue weighted by atomic mass is 32.2. The number of sulfone groups is 1. The lowest BCUT2D eigenvalue weighted by Gasteiger charge is -2.17. The van der Waals surface area contributed by atoms with Crippen molar-refractivity contribution in [2.24, 2.45) is 0 Å². The number of rotatable bonds is 10. The van der Waals surface area contributed by atoms with Crippen molar-refractivity contribution in [3.8, 4) is 5.75 Å². The van der Waals surface area contributed by atoms with Crippen LogP contribution in [0, 0.1) is 5.82 Å². The summed E-state index contributed by atoms with van der Waals surface area (Å²) in [6.45, 7) is 0.776. The number of halogens is 3. The average Bonchev–Trinajstić information content (AvgIpc) is 2.66. The van der Waals surface area contributed by atoms with Crippen molar-refractivity contribution < 1.29 is 31.1 Å². The molecule has 1 amide bonds. The zero-order valence-corrected chi connectivity index (χ0v) is 16.5. The van der Waals surface area contributed by atoms with Crippen molar-refractivity contribution in [3.05, 3.63) is 54.3 Å². The fraction of sp³-hybridized carbons (Fsp3) is 0.316. The topological polar surface area (TPSA) is 75.7 Å². The van der Waals surface area contributed by atoms with E-state index in [0.717, 1.165) is 6.07 Å². The standard InChI is InChI=1S/C19H21F3N2O4S/c1-24(11-4-12-28-15-9-7-14(20)8-10-15)13-18(25)23-16-5-2-3-6-17(16)29(26,27)19(21)22/h2-3,5-10,19H,4,11-13H2,1H3,(H,23,25). The Morgan fingerprint density at radius 2 is 1.79 bits per heavy atom. The average molecular weight is 430 g/mol. The summed E-state index contributed by atoms with van der Waals surface area (Å²) >= 11 is 0. The van der Waals surface area contributed by atoms with E-state index in [4.69, 9.17) is 4.74 Å². The Morgan fingerprint density at radius 3 is 2.45 bits per heavy atom. The number of alkyl halides is 2. The Kier molecular flexibility index (Phi) is 8.03. The van der Waals surface area contributed by atoms with Crippen LogP contribution in [-0.2, 0) is 14.6 Å². The minimum absolute atomic E-state index is 0.0698. The van der Waals surface area contributed by atoms with Crippen LogP contribution in [0.4, 0.5) is 18.9 Å². The molecular weight excluding hydrogens is 409 g/mol. The number of para-hydroxylation sites is 1. The molecule has 10 heteroatoms. The molecule has 0 spiro atoms. The maximum atomic E-state index is 12.8. The van der Waals surface area contributed by atoms with Gasteiger partial charge in [0.15, 0.2) is 0 Å². The molecule has 2 rings (SSSR count). The molecule has 2 aromatic rings. The summed E-state index contributed by atoms with van der Waals surface area (Å²) in [7, 11) is -3.15. The van der Waals surface area contributed by atoms with Crippen molar-refractivity contribution in [3.63, 3.8) is 0 Å². The molecule has 0 aliphatic rings. The summed E-state index contributed by atoms with van der Waals surface area (Å²) in [6.07, 6.45) is 0.581. The lowest BCUT2D eigenvalue weighted by Crippen LogP contribution is -2.32. The molecule has 1 N–H and O–H groups in total. The maximum absolute atomic E-state index is 12.8. The maximum Gasteiger partial charge on any atom is 0.341 e. The molecule has 0 heterocycles. The first-order chi connectivity index (χ1) is 13.7. The number of anilines is 1. The molecule has 0 aromatic heterocycles. The van der Waals surface area contributed by atoms with Crippen LogP contribution < -0.4 is 10.1 Å². The quantitative estimate of drug-likeness (QED) is 0.586. The summed E-state index contributed by atoms with van der Waals surface area (Å²) in [6, 6.07) is 10.6. The van der Waals surface area contributed by atoms with E-state index in [2.05, 4.69) is 5.32 Å². The van der Waals surface area contributed by atoms with E-state index < -0.39 is 26.4 Å². The number of carbonyl (C=O) groups is 1. The highest BCUT2D eigenvalue weighted by Crippen LogP contribution is 2.26. The Labute approximate surface area is 167 Å². The number of hydrogen-bond acceptors (Lipinski definition) is 5. The van der Waals surface area contributed by atoms with E-state index in [0.29, 0.717) is 25.3 Å². The van der Waals surface area contributed by atoms with Gasteiger partial charge >= 0.3 is 5.76 Å². The van der Waals surface area contributed by atoms with Crippen molar-refractivity contribution >= 4 is 21.4 Å². The van der Waals surface area contributed by atoms with E-state index >= 15 is 0 Å². The number of nitrogens with one attached hydrogen (secondary N) is 1. The first kappa shape index (κ1) is 22.7. The van der Waals surface area contributed by atoms with E-state index in [1.807, 2.05) is 0 Å². The number of hydrogen-bond donors (Lipinski definition) is 1. The van der Waals surface area contributed by atoms with Gasteiger partial charge in [0.1, 0.15) is 11.6 Å². The number of benzene rings is 2. The van der Waals surface area contributed by atoms with Crippen LogP contribution in [0.2, 0.25) is 0 Å². The van der Waals surface area contributed by atoms with Gasteiger partial charge in [-0.25, -0.2) is 12.8 Å². The van der Waals surface area contributed by atoms with E-state index in [9.17, 15) is 26.4 Å². The van der Waals surface area contributed by atoms with Crippen molar-refractivity contribution in [1.29, 1.82) is 0 Å². The first-order valence-corrected chi connectivity index (χ1v) is 10.2. The number of carbonyl (C=O) groups excluding carboxylic acids is 1. The molecule has 29 heavy (non-hydrogen) atoms. The van der Waals surface area contributed by atoms with Gasteiger partial charge in [-0.05, 0) is 49.9 Å². The van der Waals surface area contributed by atoms with Crippen LogP contribution in [0.5, 0.6) is 5.75 Å². The van der Waals surface area contributed by atoms with Gasteiger partial charge in [0.05, 0.1) is 23.7 Å². The minimum atomic E-state index is -4.83. The minimum Gasteiger partial charge on any atom is -0.494 e. The van der Waals surface area contributed by atoms with Crippen LogP contribution in [-0.4, -0.2) is 51.7 Å². The largest absolute Gasteiger partial charge is 0.494 e. The summed E-state index contributed by atoms with van der Waals surface area (Å²) in [5.41, 5.74) is -0.189. The first-order valence-electron chi connectivity index (χ1n) is 8.68. The molecule has 6 nitrogen and oxygen atoms in total. The fourth-order valence-corrected chi connectivity index (χ4v) is 3.37. The van der Waals surface area contributed by atoms with Gasteiger partial charge in [-0.3, -0.25) is 9.69 Å². The lowest BCUT2D eigenvalue weighted by molar-refractivity contribution is -0.117. The van der Waals surface area contributed by atoms with E-state index in [1.54, 1.807) is 11.9 Å². The molecular formula is C19H21F3N2O4S. The van der Waals surface area contributed by atoms with Crippen LogP contribution in [0.1, 0.15) is 6.42 Å². The summed E-state index contributed by atoms with van der Waals surface area (Å²) in [5.74, 6) is -3.94. The molecule has 0 bridgehead atoms. The number of likely N-dealkylation sites (N-methyl/N-ethyl adjacent to an activating group) is 1. The van der Waals surface area contributed by atoms with Crippen molar-refractivity contribution in [1.82, 2.24) is 4.90 Å². The van der Waals surface area contributed by atoms with Gasteiger partial charge in [-0.15, -0.1) is 0 Å². The van der Waals surface area contributed by atoms with E-state index in [1.165, 1.54) is 42.5 Å². The SMILES string of the molecule is CN(CCCOc1ccc(F)cc1)CC(=O)Nc1ccccc1S(=O)(=O)C(F)F. The molecule has 0 unspecified atom stereocenters. The summed E-state index contributed by atoms with van der Waals surface area (Å²) in [5, 5.41) is 2.36. The molecule has 2 aromatic carbocycles. The van der Waals surface area contributed by atoms with Crippen LogP contribution in [0.25, 0.3) is 0 Å². The van der Waals surface area contributed by atoms with Gasteiger partial charge in [-0.1, -0.05) is 12.1 Å². The molecule has 158 valence electrons. The van der Waals surface area contributed by atoms with Crippen molar-refractivity contribution in [2.45, 2.75) is 17.1 Å². The molecule has 0 radical (unpaired) electrons. The van der Waals surface area contributed by atoms with Gasteiger partial charge in [-0.2, -0.15) is 8.78 Å². The Bertz CT molecular complexity index is 921. The number of ether oxygens (including phenoxy) is 1. The van der Waals surface area contributed by atoms with Gasteiger partial charge in [0.2, 0.25) is 15.7 Å². The molecule has 0 aliphatic carbocycles. The fourth-order valence-electron chi connectivity index (χ4n) is 2.48. The normalized spacial score (nSPS) is 11.7. The van der Waals surface area contributed by atoms with Gasteiger partial charge in [0, 0.05) is 6.54 Å². The third kappa shape index (κ3) is 6.75. The molecule has 0 saturated carbocycles. The second-order valence-corrected chi connectivity index (χ2v) is 8.13. The smallest absolute Gasteiger partial charge is 0.341 e. The summed E-state index contributed by atoms with van der Waals surface area (Å²) < 4.78 is 67.3. The van der Waals surface area contributed by atoms with Gasteiger partial charge in [0.25, 0.3) is 0 Å². The predicted octanol–water partition coefficient (Wildman–Crippen LogP) is 3.16. The summed E-state index contributed by atoms with van der Waals surface area (Å²) in [4.78, 5) is 13.2. The molecule has 0 aliphatic heterocycles.